The van der Waals surface area contributed by atoms with E-state index in [0.29, 0.717) is 18.8 Å². The molecule has 0 amide bonds. The third kappa shape index (κ3) is 2.23. The average Bonchev–Trinajstić information content (AvgIpc) is 2.53. The molecule has 1 aliphatic heterocycles. The number of esters is 1. The maximum atomic E-state index is 11.9. The van der Waals surface area contributed by atoms with Crippen LogP contribution in [0.15, 0.2) is 6.20 Å². The average molecular weight is 252 g/mol. The summed E-state index contributed by atoms with van der Waals surface area (Å²) < 4.78 is 17.8. The van der Waals surface area contributed by atoms with E-state index >= 15 is 0 Å². The van der Waals surface area contributed by atoms with Crippen LogP contribution in [0, 0.1) is 6.92 Å². The fourth-order valence-corrected chi connectivity index (χ4v) is 2.08. The van der Waals surface area contributed by atoms with E-state index < -0.39 is 0 Å². The molecule has 18 heavy (non-hydrogen) atoms. The molecule has 1 aromatic rings. The lowest BCUT2D eigenvalue weighted by molar-refractivity contribution is -0.678. The molecule has 0 spiro atoms. The minimum atomic E-state index is -0.335. The minimum absolute atomic E-state index is 0.270. The summed E-state index contributed by atoms with van der Waals surface area (Å²) in [6.07, 6.45) is 1.70. The fraction of sp³-hybridized carbons (Fsp3) is 0.538. The number of hydrogen-bond acceptors (Lipinski definition) is 4. The lowest BCUT2D eigenvalue weighted by atomic mass is 10.0. The van der Waals surface area contributed by atoms with Crippen molar-refractivity contribution >= 4 is 5.97 Å². The Hall–Kier alpha value is -1.46. The maximum Gasteiger partial charge on any atom is 0.344 e. The molecule has 5 heteroatoms. The molecule has 0 saturated carbocycles. The van der Waals surface area contributed by atoms with Crippen molar-refractivity contribution in [2.75, 3.05) is 7.11 Å². The minimum Gasteiger partial charge on any atom is -0.465 e. The van der Waals surface area contributed by atoms with Gasteiger partial charge in [-0.15, -0.1) is 0 Å². The SMILES string of the molecule is COC(=O)c1c2c(c[n+](C)c1C)CO[C@H](C)OC2. The highest BCUT2D eigenvalue weighted by Gasteiger charge is 2.27. The van der Waals surface area contributed by atoms with Gasteiger partial charge in [-0.25, -0.2) is 9.36 Å². The van der Waals surface area contributed by atoms with Gasteiger partial charge in [0.1, 0.15) is 12.6 Å². The van der Waals surface area contributed by atoms with Crippen LogP contribution in [0.4, 0.5) is 0 Å². The molecule has 0 fully saturated rings. The van der Waals surface area contributed by atoms with Crippen LogP contribution < -0.4 is 4.57 Å². The second-order valence-corrected chi connectivity index (χ2v) is 4.39. The van der Waals surface area contributed by atoms with Crippen molar-refractivity contribution in [3.63, 3.8) is 0 Å². The molecular weight excluding hydrogens is 234 g/mol. The van der Waals surface area contributed by atoms with Gasteiger partial charge in [0.05, 0.1) is 20.3 Å². The predicted molar refractivity (Wildman–Crippen MR) is 62.7 cm³/mol. The second-order valence-electron chi connectivity index (χ2n) is 4.39. The Balaban J connectivity index is 2.57. The van der Waals surface area contributed by atoms with Crippen LogP contribution in [0.25, 0.3) is 0 Å². The largest absolute Gasteiger partial charge is 0.465 e. The number of hydrogen-bond donors (Lipinski definition) is 0. The fourth-order valence-electron chi connectivity index (χ4n) is 2.08. The van der Waals surface area contributed by atoms with Gasteiger partial charge in [-0.2, -0.15) is 0 Å². The molecule has 2 heterocycles. The van der Waals surface area contributed by atoms with Crippen LogP contribution in [0.1, 0.15) is 34.1 Å². The molecule has 1 aromatic heterocycles. The van der Waals surface area contributed by atoms with Gasteiger partial charge < -0.3 is 14.2 Å². The molecule has 0 aromatic carbocycles. The molecule has 0 saturated heterocycles. The highest BCUT2D eigenvalue weighted by atomic mass is 16.7. The first-order chi connectivity index (χ1) is 8.54. The summed E-state index contributed by atoms with van der Waals surface area (Å²) in [7, 11) is 3.29. The van der Waals surface area contributed by atoms with Crippen LogP contribution >= 0.6 is 0 Å². The molecule has 98 valence electrons. The first-order valence-electron chi connectivity index (χ1n) is 5.87. The van der Waals surface area contributed by atoms with E-state index in [1.165, 1.54) is 7.11 Å². The van der Waals surface area contributed by atoms with Gasteiger partial charge in [0.25, 0.3) is 0 Å². The number of aryl methyl sites for hydroxylation is 1. The number of rotatable bonds is 1. The zero-order valence-electron chi connectivity index (χ0n) is 11.1. The van der Waals surface area contributed by atoms with Gasteiger partial charge in [0, 0.05) is 18.1 Å². The number of methoxy groups -OCH3 is 1. The van der Waals surface area contributed by atoms with Crippen molar-refractivity contribution in [3.8, 4) is 0 Å². The summed E-state index contributed by atoms with van der Waals surface area (Å²) in [6, 6.07) is 0. The number of aromatic nitrogens is 1. The highest BCUT2D eigenvalue weighted by Crippen LogP contribution is 2.23. The Kier molecular flexibility index (Phi) is 3.63. The topological polar surface area (TPSA) is 48.6 Å². The van der Waals surface area contributed by atoms with Crippen molar-refractivity contribution in [1.29, 1.82) is 0 Å². The van der Waals surface area contributed by atoms with Crippen molar-refractivity contribution in [1.82, 2.24) is 0 Å². The number of pyridine rings is 1. The summed E-state index contributed by atoms with van der Waals surface area (Å²) >= 11 is 0. The van der Waals surface area contributed by atoms with Crippen molar-refractivity contribution < 1.29 is 23.6 Å². The lowest BCUT2D eigenvalue weighted by Crippen LogP contribution is -2.36. The molecule has 0 aliphatic carbocycles. The van der Waals surface area contributed by atoms with Gasteiger partial charge in [-0.1, -0.05) is 0 Å². The Labute approximate surface area is 106 Å². The second kappa shape index (κ2) is 5.04. The van der Waals surface area contributed by atoms with Crippen LogP contribution in [0.3, 0.4) is 0 Å². The zero-order valence-corrected chi connectivity index (χ0v) is 11.1. The molecule has 0 bridgehead atoms. The third-order valence-corrected chi connectivity index (χ3v) is 3.26. The first kappa shape index (κ1) is 13.0. The molecular formula is C13H18NO4+. The van der Waals surface area contributed by atoms with Crippen molar-refractivity contribution in [3.05, 3.63) is 28.6 Å². The Morgan fingerprint density at radius 2 is 2.11 bits per heavy atom. The third-order valence-electron chi connectivity index (χ3n) is 3.26. The zero-order chi connectivity index (χ0) is 13.3. The summed E-state index contributed by atoms with van der Waals surface area (Å²) in [5, 5.41) is 0. The molecule has 2 rings (SSSR count). The number of carbonyl (C=O) groups is 1. The predicted octanol–water partition coefficient (Wildman–Crippen LogP) is 0.999. The van der Waals surface area contributed by atoms with Crippen LogP contribution in [-0.2, 0) is 34.5 Å². The monoisotopic (exact) mass is 252 g/mol. The molecule has 1 aliphatic rings. The van der Waals surface area contributed by atoms with E-state index in [-0.39, 0.29) is 12.3 Å². The standard InChI is InChI=1S/C13H18NO4/c1-8-12(13(15)16-4)11-7-18-9(2)17-6-10(11)5-14(8)3/h5,9H,6-7H2,1-4H3/q+1/t9-/m0/s1. The smallest absolute Gasteiger partial charge is 0.344 e. The quantitative estimate of drug-likeness (QED) is 0.552. The van der Waals surface area contributed by atoms with Gasteiger partial charge in [-0.3, -0.25) is 0 Å². The summed E-state index contributed by atoms with van der Waals surface area (Å²) in [5.41, 5.74) is 3.27. The van der Waals surface area contributed by atoms with Crippen molar-refractivity contribution in [2.24, 2.45) is 7.05 Å². The summed E-state index contributed by atoms with van der Waals surface area (Å²) in [4.78, 5) is 11.9. The van der Waals surface area contributed by atoms with Crippen molar-refractivity contribution in [2.45, 2.75) is 33.4 Å². The Morgan fingerprint density at radius 3 is 2.78 bits per heavy atom. The van der Waals surface area contributed by atoms with Crippen LogP contribution in [0.2, 0.25) is 0 Å². The van der Waals surface area contributed by atoms with E-state index in [4.69, 9.17) is 14.2 Å². The molecule has 5 nitrogen and oxygen atoms in total. The number of carbonyl (C=O) groups excluding carboxylic acids is 1. The van der Waals surface area contributed by atoms with E-state index in [9.17, 15) is 4.79 Å². The van der Waals surface area contributed by atoms with Gasteiger partial charge in [0.2, 0.25) is 0 Å². The van der Waals surface area contributed by atoms with Crippen LogP contribution in [-0.4, -0.2) is 19.4 Å². The number of ether oxygens (including phenoxy) is 3. The first-order valence-corrected chi connectivity index (χ1v) is 5.87. The van der Waals surface area contributed by atoms with Crippen LogP contribution in [0.5, 0.6) is 0 Å². The van der Waals surface area contributed by atoms with Gasteiger partial charge in [-0.05, 0) is 6.92 Å². The van der Waals surface area contributed by atoms with E-state index in [2.05, 4.69) is 0 Å². The molecule has 0 unspecified atom stereocenters. The normalized spacial score (nSPS) is 19.0. The maximum absolute atomic E-state index is 11.9. The van der Waals surface area contributed by atoms with E-state index in [1.54, 1.807) is 0 Å². The summed E-state index contributed by atoms with van der Waals surface area (Å²) in [6.45, 7) is 4.54. The Morgan fingerprint density at radius 1 is 1.44 bits per heavy atom. The van der Waals surface area contributed by atoms with E-state index in [1.807, 2.05) is 31.7 Å². The lowest BCUT2D eigenvalue weighted by Gasteiger charge is -2.10. The Bertz CT molecular complexity index is 484. The number of nitrogens with zero attached hydrogens (tertiary/aromatic N) is 1. The van der Waals surface area contributed by atoms with Gasteiger partial charge in [0.15, 0.2) is 18.2 Å². The molecule has 0 radical (unpaired) electrons. The summed E-state index contributed by atoms with van der Waals surface area (Å²) in [5.74, 6) is -0.335. The molecule has 0 N–H and O–H groups in total. The molecule has 1 atom stereocenters. The van der Waals surface area contributed by atoms with E-state index in [0.717, 1.165) is 16.8 Å². The number of fused-ring (bicyclic) bond motifs is 1. The highest BCUT2D eigenvalue weighted by molar-refractivity contribution is 5.92. The van der Waals surface area contributed by atoms with Gasteiger partial charge >= 0.3 is 5.97 Å².